The number of nitriles is 3. The van der Waals surface area contributed by atoms with Crippen molar-refractivity contribution in [3.05, 3.63) is 35.0 Å². The summed E-state index contributed by atoms with van der Waals surface area (Å²) in [6, 6.07) is 7.16. The predicted octanol–water partition coefficient (Wildman–Crippen LogP) is 2.37. The van der Waals surface area contributed by atoms with Gasteiger partial charge in [-0.25, -0.2) is 0 Å². The number of benzene rings is 1. The van der Waals surface area contributed by atoms with Crippen LogP contribution in [0.3, 0.4) is 0 Å². The van der Waals surface area contributed by atoms with E-state index in [1.165, 1.54) is 18.2 Å². The second kappa shape index (κ2) is 6.29. The van der Waals surface area contributed by atoms with Gasteiger partial charge in [0.2, 0.25) is 0 Å². The van der Waals surface area contributed by atoms with Crippen LogP contribution in [0, 0.1) is 34.0 Å². The Balaban J connectivity index is 3.48. The summed E-state index contributed by atoms with van der Waals surface area (Å²) < 4.78 is 37.6. The number of phenols is 1. The molecule has 0 aliphatic rings. The van der Waals surface area contributed by atoms with Crippen LogP contribution in [-0.2, 0) is 0 Å². The van der Waals surface area contributed by atoms with E-state index in [1.807, 2.05) is 0 Å². The van der Waals surface area contributed by atoms with Crippen LogP contribution in [-0.4, -0.2) is 17.1 Å². The highest BCUT2D eigenvalue weighted by Crippen LogP contribution is 2.33. The maximum absolute atomic E-state index is 12.5. The number of nitrogens with zero attached hydrogens (tertiary/aromatic N) is 3. The topological polar surface area (TPSA) is 121 Å². The van der Waals surface area contributed by atoms with Crippen LogP contribution < -0.4 is 5.32 Å². The van der Waals surface area contributed by atoms with Crippen molar-refractivity contribution in [2.24, 2.45) is 0 Å². The molecule has 0 aliphatic heterocycles. The molecule has 22 heavy (non-hydrogen) atoms. The summed E-state index contributed by atoms with van der Waals surface area (Å²) >= 11 is 0. The molecule has 0 aliphatic carbocycles. The summed E-state index contributed by atoms with van der Waals surface area (Å²) in [6.07, 6.45) is -5.25. The first-order valence-corrected chi connectivity index (χ1v) is 5.41. The van der Waals surface area contributed by atoms with Crippen LogP contribution in [0.5, 0.6) is 5.75 Å². The second-order valence-electron chi connectivity index (χ2n) is 3.74. The van der Waals surface area contributed by atoms with Gasteiger partial charge in [0.15, 0.2) is 5.57 Å². The fourth-order valence-electron chi connectivity index (χ4n) is 1.44. The fourth-order valence-corrected chi connectivity index (χ4v) is 1.44. The maximum Gasteiger partial charge on any atom is 0.455 e. The number of aromatic hydroxyl groups is 1. The number of rotatable bonds is 3. The number of carbonyl (C=O) groups excluding carboxylic acids is 1. The predicted molar refractivity (Wildman–Crippen MR) is 66.0 cm³/mol. The van der Waals surface area contributed by atoms with Gasteiger partial charge in [-0.3, -0.25) is 4.79 Å². The summed E-state index contributed by atoms with van der Waals surface area (Å²) in [6.45, 7) is 0. The molecule has 1 rings (SSSR count). The largest absolute Gasteiger partial charge is 0.507 e. The van der Waals surface area contributed by atoms with Gasteiger partial charge in [-0.1, -0.05) is 6.07 Å². The highest BCUT2D eigenvalue weighted by Gasteiger charge is 2.42. The maximum atomic E-state index is 12.5. The van der Waals surface area contributed by atoms with Crippen molar-refractivity contribution in [3.63, 3.8) is 0 Å². The van der Waals surface area contributed by atoms with Gasteiger partial charge >= 0.3 is 6.18 Å². The summed E-state index contributed by atoms with van der Waals surface area (Å²) in [7, 11) is 0. The van der Waals surface area contributed by atoms with Gasteiger partial charge in [0.05, 0.1) is 11.3 Å². The highest BCUT2D eigenvalue weighted by atomic mass is 19.4. The van der Waals surface area contributed by atoms with Gasteiger partial charge in [0.25, 0.3) is 5.78 Å². The molecule has 0 saturated carbocycles. The normalized spacial score (nSPS) is 9.82. The Hall–Kier alpha value is -3.51. The molecule has 0 saturated heterocycles. The number of phenolic OH excluding ortho intramolecular Hbond substituents is 1. The SMILES string of the molecule is N#CC(C#N)=C(C#N)Nc1cccc(O)c1C(=O)C(F)(F)F. The Bertz CT molecular complexity index is 760. The Morgan fingerprint density at radius 1 is 1.14 bits per heavy atom. The number of Topliss-reactive ketones (excluding diaryl/α,β-unsaturated/α-hetero) is 1. The van der Waals surface area contributed by atoms with Crippen LogP contribution in [0.25, 0.3) is 0 Å². The Morgan fingerprint density at radius 2 is 1.73 bits per heavy atom. The monoisotopic (exact) mass is 306 g/mol. The lowest BCUT2D eigenvalue weighted by atomic mass is 10.1. The van der Waals surface area contributed by atoms with Crippen LogP contribution >= 0.6 is 0 Å². The van der Waals surface area contributed by atoms with E-state index in [9.17, 15) is 23.1 Å². The zero-order valence-corrected chi connectivity index (χ0v) is 10.6. The quantitative estimate of drug-likeness (QED) is 0.653. The average Bonchev–Trinajstić information content (AvgIpc) is 2.45. The molecule has 0 amide bonds. The molecule has 1 aromatic carbocycles. The number of hydrogen-bond donors (Lipinski definition) is 2. The lowest BCUT2D eigenvalue weighted by molar-refractivity contribution is -0.0886. The first-order valence-electron chi connectivity index (χ1n) is 5.41. The molecule has 6 nitrogen and oxygen atoms in total. The minimum atomic E-state index is -5.25. The van der Waals surface area contributed by atoms with Crippen molar-refractivity contribution >= 4 is 11.5 Å². The molecule has 0 unspecified atom stereocenters. The van der Waals surface area contributed by atoms with Crippen LogP contribution in [0.15, 0.2) is 29.5 Å². The van der Waals surface area contributed by atoms with E-state index in [4.69, 9.17) is 15.8 Å². The third kappa shape index (κ3) is 3.33. The fraction of sp³-hybridized carbons (Fsp3) is 0.0769. The van der Waals surface area contributed by atoms with Crippen molar-refractivity contribution in [3.8, 4) is 24.0 Å². The molecule has 110 valence electrons. The molecule has 0 atom stereocenters. The van der Waals surface area contributed by atoms with Crippen molar-refractivity contribution in [2.75, 3.05) is 5.32 Å². The van der Waals surface area contributed by atoms with E-state index in [0.717, 1.165) is 18.2 Å². The Morgan fingerprint density at radius 3 is 2.18 bits per heavy atom. The van der Waals surface area contributed by atoms with E-state index < -0.39 is 40.2 Å². The minimum Gasteiger partial charge on any atom is -0.507 e. The first-order chi connectivity index (χ1) is 10.3. The van der Waals surface area contributed by atoms with Crippen LogP contribution in [0.1, 0.15) is 10.4 Å². The number of alkyl halides is 3. The summed E-state index contributed by atoms with van der Waals surface area (Å²) in [4.78, 5) is 11.3. The first kappa shape index (κ1) is 16.5. The number of hydrogen-bond acceptors (Lipinski definition) is 6. The molecule has 0 aromatic heterocycles. The number of anilines is 1. The van der Waals surface area contributed by atoms with E-state index in [1.54, 1.807) is 0 Å². The van der Waals surface area contributed by atoms with Gasteiger partial charge in [-0.2, -0.15) is 29.0 Å². The molecular formula is C13H5F3N4O2. The van der Waals surface area contributed by atoms with E-state index in [0.29, 0.717) is 0 Å². The summed E-state index contributed by atoms with van der Waals surface area (Å²) in [5, 5.41) is 37.7. The second-order valence-corrected chi connectivity index (χ2v) is 3.74. The lowest BCUT2D eigenvalue weighted by Gasteiger charge is -2.13. The average molecular weight is 306 g/mol. The number of nitrogens with one attached hydrogen (secondary N) is 1. The van der Waals surface area contributed by atoms with Crippen LogP contribution in [0.4, 0.5) is 18.9 Å². The number of allylic oxidation sites excluding steroid dienone is 2. The third-order valence-electron chi connectivity index (χ3n) is 2.37. The summed E-state index contributed by atoms with van der Waals surface area (Å²) in [5.74, 6) is -3.29. The number of halogens is 3. The molecule has 0 radical (unpaired) electrons. The molecule has 0 spiro atoms. The Kier molecular flexibility index (Phi) is 4.73. The zero-order chi connectivity index (χ0) is 16.9. The molecular weight excluding hydrogens is 301 g/mol. The molecule has 0 fully saturated rings. The van der Waals surface area contributed by atoms with Crippen molar-refractivity contribution < 1.29 is 23.1 Å². The van der Waals surface area contributed by atoms with Crippen molar-refractivity contribution in [1.29, 1.82) is 15.8 Å². The molecule has 2 N–H and O–H groups in total. The van der Waals surface area contributed by atoms with Gasteiger partial charge in [0.1, 0.15) is 29.7 Å². The van der Waals surface area contributed by atoms with Gasteiger partial charge < -0.3 is 10.4 Å². The van der Waals surface area contributed by atoms with Gasteiger partial charge in [0, 0.05) is 0 Å². The molecule has 0 bridgehead atoms. The van der Waals surface area contributed by atoms with Gasteiger partial charge in [-0.05, 0) is 12.1 Å². The van der Waals surface area contributed by atoms with Crippen molar-refractivity contribution in [1.82, 2.24) is 0 Å². The number of carbonyl (C=O) groups is 1. The highest BCUT2D eigenvalue weighted by molar-refractivity contribution is 6.07. The van der Waals surface area contributed by atoms with E-state index in [-0.39, 0.29) is 0 Å². The van der Waals surface area contributed by atoms with Crippen molar-refractivity contribution in [2.45, 2.75) is 6.18 Å². The van der Waals surface area contributed by atoms with Gasteiger partial charge in [-0.15, -0.1) is 0 Å². The minimum absolute atomic E-state index is 0.554. The standard InChI is InChI=1S/C13H5F3N4O2/c14-13(15,16)12(22)11-8(2-1-3-10(11)21)20-9(6-19)7(4-17)5-18/h1-3,20-21H. The summed E-state index contributed by atoms with van der Waals surface area (Å²) in [5.41, 5.74) is -3.00. The molecule has 1 aromatic rings. The molecule has 9 heteroatoms. The van der Waals surface area contributed by atoms with Crippen LogP contribution in [0.2, 0.25) is 0 Å². The zero-order valence-electron chi connectivity index (χ0n) is 10.6. The molecule has 0 heterocycles. The smallest absolute Gasteiger partial charge is 0.455 e. The van der Waals surface area contributed by atoms with E-state index >= 15 is 0 Å². The number of ketones is 1. The Labute approximate surface area is 121 Å². The lowest BCUT2D eigenvalue weighted by Crippen LogP contribution is -2.24. The third-order valence-corrected chi connectivity index (χ3v) is 2.37. The van der Waals surface area contributed by atoms with E-state index in [2.05, 4.69) is 5.32 Å².